The first-order valence-corrected chi connectivity index (χ1v) is 26.3. The maximum Gasteiger partial charge on any atom is 0.0714 e. The number of hydrogen-bond donors (Lipinski definition) is 0. The van der Waals surface area contributed by atoms with Crippen LogP contribution in [0.5, 0.6) is 0 Å². The van der Waals surface area contributed by atoms with Crippen LogP contribution in [-0.2, 0) is 5.41 Å². The summed E-state index contributed by atoms with van der Waals surface area (Å²) in [6, 6.07) is 103. The zero-order chi connectivity index (χ0) is 48.7. The van der Waals surface area contributed by atoms with E-state index in [2.05, 4.69) is 289 Å². The molecule has 0 aliphatic heterocycles. The van der Waals surface area contributed by atoms with Gasteiger partial charge in [0.25, 0.3) is 0 Å². The molecule has 2 aromatic heterocycles. The van der Waals surface area contributed by atoms with Crippen molar-refractivity contribution >= 4 is 81.1 Å². The molecule has 0 bridgehead atoms. The topological polar surface area (TPSA) is 8.17 Å². The Bertz CT molecular complexity index is 4460. The predicted octanol–water partition coefficient (Wildman–Crippen LogP) is 19.5. The lowest BCUT2D eigenvalue weighted by Gasteiger charge is -2.35. The largest absolute Gasteiger partial charge is 0.310 e. The van der Waals surface area contributed by atoms with Crippen molar-refractivity contribution in [2.75, 3.05) is 4.90 Å². The number of para-hydroxylation sites is 1. The van der Waals surface area contributed by atoms with Crippen molar-refractivity contribution in [2.45, 2.75) is 5.41 Å². The maximum absolute atomic E-state index is 2.50. The average Bonchev–Trinajstić information content (AvgIpc) is 4.15. The Balaban J connectivity index is 0.924. The lowest BCUT2D eigenvalue weighted by molar-refractivity contribution is 0.768. The van der Waals surface area contributed by atoms with Crippen molar-refractivity contribution in [1.82, 2.24) is 4.57 Å². The molecule has 0 radical (unpaired) electrons. The highest BCUT2D eigenvalue weighted by Crippen LogP contribution is 2.57. The Morgan fingerprint density at radius 3 is 1.73 bits per heavy atom. The van der Waals surface area contributed by atoms with E-state index in [4.69, 9.17) is 0 Å². The van der Waals surface area contributed by atoms with Gasteiger partial charge >= 0.3 is 0 Å². The molecule has 0 amide bonds. The molecule has 0 N–H and O–H groups in total. The minimum absolute atomic E-state index is 0.535. The summed E-state index contributed by atoms with van der Waals surface area (Å²) in [5.74, 6) is 0. The van der Waals surface area contributed by atoms with Crippen LogP contribution in [0.3, 0.4) is 0 Å². The number of nitrogens with zero attached hydrogens (tertiary/aromatic N) is 2. The van der Waals surface area contributed by atoms with Crippen LogP contribution in [0, 0.1) is 0 Å². The van der Waals surface area contributed by atoms with E-state index in [9.17, 15) is 0 Å². The van der Waals surface area contributed by atoms with E-state index in [0.717, 1.165) is 22.6 Å². The third-order valence-electron chi connectivity index (χ3n) is 15.7. The second kappa shape index (κ2) is 16.9. The number of anilines is 3. The van der Waals surface area contributed by atoms with Gasteiger partial charge in [0.2, 0.25) is 0 Å². The highest BCUT2D eigenvalue weighted by atomic mass is 32.1. The van der Waals surface area contributed by atoms with Crippen LogP contribution in [0.2, 0.25) is 0 Å². The van der Waals surface area contributed by atoms with E-state index >= 15 is 0 Å². The summed E-state index contributed by atoms with van der Waals surface area (Å²) >= 11 is 1.87. The number of rotatable bonds is 8. The van der Waals surface area contributed by atoms with Gasteiger partial charge in [0.15, 0.2) is 0 Å². The van der Waals surface area contributed by atoms with Gasteiger partial charge in [-0.1, -0.05) is 218 Å². The van der Waals surface area contributed by atoms with Crippen molar-refractivity contribution in [3.05, 3.63) is 301 Å². The molecule has 0 fully saturated rings. The summed E-state index contributed by atoms with van der Waals surface area (Å²) < 4.78 is 5.10. The summed E-state index contributed by atoms with van der Waals surface area (Å²) in [5.41, 5.74) is 18.7. The van der Waals surface area contributed by atoms with Gasteiger partial charge in [0.05, 0.1) is 27.8 Å². The average molecular weight is 959 g/mol. The van der Waals surface area contributed by atoms with Crippen LogP contribution in [0.4, 0.5) is 17.1 Å². The third-order valence-corrected chi connectivity index (χ3v) is 16.8. The van der Waals surface area contributed by atoms with Crippen LogP contribution in [-0.4, -0.2) is 4.57 Å². The summed E-state index contributed by atoms with van der Waals surface area (Å²) in [4.78, 5) is 2.48. The summed E-state index contributed by atoms with van der Waals surface area (Å²) in [6.45, 7) is 0. The molecular weight excluding hydrogens is 913 g/mol. The molecular formula is C71H46N2S. The smallest absolute Gasteiger partial charge is 0.0714 e. The van der Waals surface area contributed by atoms with Crippen molar-refractivity contribution < 1.29 is 0 Å². The highest BCUT2D eigenvalue weighted by molar-refractivity contribution is 7.25. The van der Waals surface area contributed by atoms with Gasteiger partial charge in [-0.15, -0.1) is 11.3 Å². The Hall–Kier alpha value is -9.28. The van der Waals surface area contributed by atoms with E-state index in [1.54, 1.807) is 0 Å². The second-order valence-electron chi connectivity index (χ2n) is 19.5. The summed E-state index contributed by atoms with van der Waals surface area (Å²) in [7, 11) is 0. The normalized spacial score (nSPS) is 12.7. The SMILES string of the molecule is c1ccc(C2(c3ccccc3)c3ccccc3-c3ccc(N(c4cccc(-c5ccccc5-c5ccc6c7ccccc7n(-c7cccc8sc9ccccc9c78)c6c5)c4)c4cccc5ccccc45)cc32)cc1. The number of aromatic nitrogens is 1. The standard InChI is InChI=1S/C71H46N2S/c1-3-23-50(24-4-1)71(51-25-5-2-6-26-51)62-34-14-11-31-57(62)58-43-41-53(46-63(58)71)72(64-36-18-21-47-20-7-8-30-56(47)64)52-27-17-22-48(44-52)54-28-9-10-29-55(54)49-40-42-60-59-32-12-15-35-65(59)73(67(60)45-49)66-37-19-39-69-70(66)61-33-13-16-38-68(61)74-69/h1-46H. The van der Waals surface area contributed by atoms with Crippen molar-refractivity contribution in [1.29, 1.82) is 0 Å². The first-order chi connectivity index (χ1) is 36.7. The van der Waals surface area contributed by atoms with Gasteiger partial charge in [-0.05, 0) is 122 Å². The summed E-state index contributed by atoms with van der Waals surface area (Å²) in [6.07, 6.45) is 0. The lowest BCUT2D eigenvalue weighted by atomic mass is 9.67. The van der Waals surface area contributed by atoms with Gasteiger partial charge < -0.3 is 9.47 Å². The number of benzene rings is 12. The van der Waals surface area contributed by atoms with Crippen molar-refractivity contribution in [2.24, 2.45) is 0 Å². The van der Waals surface area contributed by atoms with E-state index in [1.165, 1.54) is 109 Å². The molecule has 14 aromatic rings. The molecule has 2 nitrogen and oxygen atoms in total. The van der Waals surface area contributed by atoms with Crippen molar-refractivity contribution in [3.8, 4) is 39.1 Å². The minimum atomic E-state index is -0.535. The fourth-order valence-electron chi connectivity index (χ4n) is 12.5. The lowest BCUT2D eigenvalue weighted by Crippen LogP contribution is -2.28. The van der Waals surface area contributed by atoms with Gasteiger partial charge in [-0.3, -0.25) is 0 Å². The van der Waals surface area contributed by atoms with Crippen molar-refractivity contribution in [3.63, 3.8) is 0 Å². The van der Waals surface area contributed by atoms with E-state index in [1.807, 2.05) is 11.3 Å². The molecule has 15 rings (SSSR count). The van der Waals surface area contributed by atoms with E-state index in [0.29, 0.717) is 0 Å². The quantitative estimate of drug-likeness (QED) is 0.147. The van der Waals surface area contributed by atoms with E-state index in [-0.39, 0.29) is 0 Å². The second-order valence-corrected chi connectivity index (χ2v) is 20.6. The first-order valence-electron chi connectivity index (χ1n) is 25.5. The molecule has 12 aromatic carbocycles. The molecule has 346 valence electrons. The number of fused-ring (bicyclic) bond motifs is 10. The highest BCUT2D eigenvalue weighted by Gasteiger charge is 2.46. The molecule has 0 unspecified atom stereocenters. The Morgan fingerprint density at radius 1 is 0.338 bits per heavy atom. The minimum Gasteiger partial charge on any atom is -0.310 e. The van der Waals surface area contributed by atoms with Crippen LogP contribution in [0.25, 0.3) is 91.8 Å². The molecule has 0 spiro atoms. The monoisotopic (exact) mass is 958 g/mol. The summed E-state index contributed by atoms with van der Waals surface area (Å²) in [5, 5.41) is 7.48. The van der Waals surface area contributed by atoms with E-state index < -0.39 is 5.41 Å². The molecule has 0 saturated heterocycles. The van der Waals surface area contributed by atoms with Crippen LogP contribution in [0.15, 0.2) is 279 Å². The van der Waals surface area contributed by atoms with Gasteiger partial charge in [-0.2, -0.15) is 0 Å². The Labute approximate surface area is 433 Å². The fraction of sp³-hybridized carbons (Fsp3) is 0.0141. The molecule has 1 aliphatic carbocycles. The molecule has 3 heteroatoms. The maximum atomic E-state index is 2.50. The number of thiophene rings is 1. The zero-order valence-electron chi connectivity index (χ0n) is 40.4. The third kappa shape index (κ3) is 6.37. The molecule has 2 heterocycles. The number of hydrogen-bond acceptors (Lipinski definition) is 2. The van der Waals surface area contributed by atoms with Crippen LogP contribution in [0.1, 0.15) is 22.3 Å². The zero-order valence-corrected chi connectivity index (χ0v) is 41.2. The molecule has 0 atom stereocenters. The van der Waals surface area contributed by atoms with Gasteiger partial charge in [0.1, 0.15) is 0 Å². The molecule has 0 saturated carbocycles. The predicted molar refractivity (Wildman–Crippen MR) is 314 cm³/mol. The fourth-order valence-corrected chi connectivity index (χ4v) is 13.7. The first kappa shape index (κ1) is 42.4. The Morgan fingerprint density at radius 2 is 0.919 bits per heavy atom. The molecule has 74 heavy (non-hydrogen) atoms. The Kier molecular flexibility index (Phi) is 9.70. The van der Waals surface area contributed by atoms with Gasteiger partial charge in [0, 0.05) is 47.7 Å². The van der Waals surface area contributed by atoms with Gasteiger partial charge in [-0.25, -0.2) is 0 Å². The molecule has 1 aliphatic rings. The van der Waals surface area contributed by atoms with Crippen LogP contribution >= 0.6 is 11.3 Å². The van der Waals surface area contributed by atoms with Crippen LogP contribution < -0.4 is 4.90 Å².